The zero-order valence-electron chi connectivity index (χ0n) is 16.2. The second kappa shape index (κ2) is 7.76. The number of para-hydroxylation sites is 1. The van der Waals surface area contributed by atoms with Crippen LogP contribution in [0.15, 0.2) is 35.2 Å². The zero-order chi connectivity index (χ0) is 19.6. The number of aromatic nitrogens is 1. The molecule has 27 heavy (non-hydrogen) atoms. The van der Waals surface area contributed by atoms with Gasteiger partial charge in [0.25, 0.3) is 15.9 Å². The smallest absolute Gasteiger partial charge is 0.270 e. The van der Waals surface area contributed by atoms with Crippen LogP contribution in [0.3, 0.4) is 0 Å². The lowest BCUT2D eigenvalue weighted by molar-refractivity contribution is 0.0714. The predicted octanol–water partition coefficient (Wildman–Crippen LogP) is 3.32. The molecule has 3 rings (SSSR count). The maximum absolute atomic E-state index is 13.0. The minimum atomic E-state index is -3.78. The van der Waals surface area contributed by atoms with Gasteiger partial charge in [-0.25, -0.2) is 8.42 Å². The first-order valence-corrected chi connectivity index (χ1v) is 10.9. The van der Waals surface area contributed by atoms with E-state index >= 15 is 0 Å². The Morgan fingerprint density at radius 2 is 1.81 bits per heavy atom. The van der Waals surface area contributed by atoms with Gasteiger partial charge in [-0.2, -0.15) is 0 Å². The molecule has 1 saturated heterocycles. The van der Waals surface area contributed by atoms with Crippen LogP contribution in [0.25, 0.3) is 0 Å². The Morgan fingerprint density at radius 3 is 2.48 bits per heavy atom. The van der Waals surface area contributed by atoms with Crippen LogP contribution in [0.5, 0.6) is 0 Å². The van der Waals surface area contributed by atoms with Gasteiger partial charge in [0.15, 0.2) is 0 Å². The summed E-state index contributed by atoms with van der Waals surface area (Å²) < 4.78 is 30.4. The van der Waals surface area contributed by atoms with Crippen LogP contribution in [0.2, 0.25) is 0 Å². The highest BCUT2D eigenvalue weighted by Gasteiger charge is 2.27. The van der Waals surface area contributed by atoms with Crippen molar-refractivity contribution in [3.63, 3.8) is 0 Å². The third-order valence-electron chi connectivity index (χ3n) is 5.28. The van der Waals surface area contributed by atoms with Crippen molar-refractivity contribution in [1.29, 1.82) is 0 Å². The summed E-state index contributed by atoms with van der Waals surface area (Å²) in [6.07, 6.45) is 3.85. The average molecular weight is 390 g/mol. The second-order valence-electron chi connectivity index (χ2n) is 7.01. The topological polar surface area (TPSA) is 71.4 Å². The van der Waals surface area contributed by atoms with E-state index < -0.39 is 10.0 Å². The number of rotatable bonds is 5. The summed E-state index contributed by atoms with van der Waals surface area (Å²) >= 11 is 0. The van der Waals surface area contributed by atoms with E-state index in [1.54, 1.807) is 30.7 Å². The molecule has 1 amide bonds. The Hall–Kier alpha value is -2.28. The number of nitrogens with one attached hydrogen (secondary N) is 1. The minimum absolute atomic E-state index is 0.101. The fourth-order valence-electron chi connectivity index (χ4n) is 3.54. The highest BCUT2D eigenvalue weighted by Crippen LogP contribution is 2.26. The molecule has 0 bridgehead atoms. The Kier molecular flexibility index (Phi) is 5.60. The predicted molar refractivity (Wildman–Crippen MR) is 107 cm³/mol. The molecule has 1 N–H and O–H groups in total. The van der Waals surface area contributed by atoms with Crippen molar-refractivity contribution in [2.45, 2.75) is 44.4 Å². The number of piperidine rings is 1. The van der Waals surface area contributed by atoms with Crippen LogP contribution in [-0.4, -0.2) is 36.9 Å². The molecule has 0 spiro atoms. The number of hydrogen-bond donors (Lipinski definition) is 1. The molecule has 0 aliphatic carbocycles. The van der Waals surface area contributed by atoms with Crippen molar-refractivity contribution in [2.24, 2.45) is 7.05 Å². The number of amides is 1. The molecule has 7 heteroatoms. The standard InChI is InChI=1S/C20H27N3O3S/c1-4-16-10-6-7-11-17(16)21-27(25,26)19-14-18(22(3)15(19)2)20(24)23-12-8-5-9-13-23/h6-7,10-11,14,21H,4-5,8-9,12-13H2,1-3H3. The molecule has 2 heterocycles. The first-order chi connectivity index (χ1) is 12.8. The average Bonchev–Trinajstić information content (AvgIpc) is 2.98. The fraction of sp³-hybridized carbons (Fsp3) is 0.450. The van der Waals surface area contributed by atoms with E-state index in [1.807, 2.05) is 24.0 Å². The van der Waals surface area contributed by atoms with Crippen molar-refractivity contribution in [3.8, 4) is 0 Å². The summed E-state index contributed by atoms with van der Waals surface area (Å²) in [6.45, 7) is 5.17. The monoisotopic (exact) mass is 389 g/mol. The third kappa shape index (κ3) is 3.88. The third-order valence-corrected chi connectivity index (χ3v) is 6.76. The van der Waals surface area contributed by atoms with Crippen LogP contribution in [0.1, 0.15) is 47.9 Å². The summed E-state index contributed by atoms with van der Waals surface area (Å²) in [6, 6.07) is 8.86. The molecule has 6 nitrogen and oxygen atoms in total. The highest BCUT2D eigenvalue weighted by molar-refractivity contribution is 7.92. The second-order valence-corrected chi connectivity index (χ2v) is 8.66. The first kappa shape index (κ1) is 19.5. The van der Waals surface area contributed by atoms with Gasteiger partial charge in [0.1, 0.15) is 10.6 Å². The van der Waals surface area contributed by atoms with Gasteiger partial charge in [-0.05, 0) is 50.3 Å². The molecule has 1 aliphatic heterocycles. The largest absolute Gasteiger partial charge is 0.343 e. The number of likely N-dealkylation sites (tertiary alicyclic amines) is 1. The number of benzene rings is 1. The molecule has 0 saturated carbocycles. The Labute approximate surface area is 161 Å². The van der Waals surface area contributed by atoms with Gasteiger partial charge in [-0.1, -0.05) is 25.1 Å². The molecular formula is C20H27N3O3S. The molecule has 0 unspecified atom stereocenters. The van der Waals surface area contributed by atoms with Gasteiger partial charge in [0, 0.05) is 25.8 Å². The van der Waals surface area contributed by atoms with E-state index in [0.717, 1.165) is 44.3 Å². The summed E-state index contributed by atoms with van der Waals surface area (Å²) in [5, 5.41) is 0. The summed E-state index contributed by atoms with van der Waals surface area (Å²) in [7, 11) is -2.04. The molecule has 0 radical (unpaired) electrons. The van der Waals surface area contributed by atoms with E-state index in [-0.39, 0.29) is 10.8 Å². The molecule has 0 atom stereocenters. The summed E-state index contributed by atoms with van der Waals surface area (Å²) in [5.74, 6) is -0.101. The molecule has 2 aromatic rings. The van der Waals surface area contributed by atoms with Crippen LogP contribution < -0.4 is 4.72 Å². The number of nitrogens with zero attached hydrogens (tertiary/aromatic N) is 2. The molecule has 146 valence electrons. The first-order valence-electron chi connectivity index (χ1n) is 9.41. The van der Waals surface area contributed by atoms with Gasteiger partial charge in [0.05, 0.1) is 5.69 Å². The van der Waals surface area contributed by atoms with Crippen molar-refractivity contribution < 1.29 is 13.2 Å². The van der Waals surface area contributed by atoms with Crippen molar-refractivity contribution >= 4 is 21.6 Å². The molecule has 1 aliphatic rings. The molecule has 1 fully saturated rings. The number of carbonyl (C=O) groups is 1. The molecular weight excluding hydrogens is 362 g/mol. The van der Waals surface area contributed by atoms with E-state index in [1.165, 1.54) is 6.07 Å². The Morgan fingerprint density at radius 1 is 1.15 bits per heavy atom. The number of sulfonamides is 1. The van der Waals surface area contributed by atoms with E-state index in [2.05, 4.69) is 4.72 Å². The van der Waals surface area contributed by atoms with Crippen molar-refractivity contribution in [3.05, 3.63) is 47.3 Å². The van der Waals surface area contributed by atoms with Crippen LogP contribution >= 0.6 is 0 Å². The van der Waals surface area contributed by atoms with E-state index in [4.69, 9.17) is 0 Å². The lowest BCUT2D eigenvalue weighted by Gasteiger charge is -2.26. The molecule has 1 aromatic carbocycles. The van der Waals surface area contributed by atoms with Gasteiger partial charge >= 0.3 is 0 Å². The van der Waals surface area contributed by atoms with Gasteiger partial charge < -0.3 is 9.47 Å². The molecule has 1 aromatic heterocycles. The number of carbonyl (C=O) groups excluding carboxylic acids is 1. The van der Waals surface area contributed by atoms with E-state index in [9.17, 15) is 13.2 Å². The lowest BCUT2D eigenvalue weighted by Crippen LogP contribution is -2.36. The van der Waals surface area contributed by atoms with Gasteiger partial charge in [-0.3, -0.25) is 9.52 Å². The maximum Gasteiger partial charge on any atom is 0.270 e. The Balaban J connectivity index is 1.93. The fourth-order valence-corrected chi connectivity index (χ4v) is 4.93. The van der Waals surface area contributed by atoms with Crippen LogP contribution in [0.4, 0.5) is 5.69 Å². The Bertz CT molecular complexity index is 941. The SMILES string of the molecule is CCc1ccccc1NS(=O)(=O)c1cc(C(=O)N2CCCCC2)n(C)c1C. The van der Waals surface area contributed by atoms with E-state index in [0.29, 0.717) is 17.1 Å². The minimum Gasteiger partial charge on any atom is -0.343 e. The van der Waals surface area contributed by atoms with Gasteiger partial charge in [0.2, 0.25) is 0 Å². The number of hydrogen-bond acceptors (Lipinski definition) is 3. The highest BCUT2D eigenvalue weighted by atomic mass is 32.2. The summed E-state index contributed by atoms with van der Waals surface area (Å²) in [4.78, 5) is 14.8. The van der Waals surface area contributed by atoms with Crippen molar-refractivity contribution in [1.82, 2.24) is 9.47 Å². The summed E-state index contributed by atoms with van der Waals surface area (Å²) in [5.41, 5.74) is 2.47. The number of anilines is 1. The van der Waals surface area contributed by atoms with Crippen molar-refractivity contribution in [2.75, 3.05) is 17.8 Å². The maximum atomic E-state index is 13.0. The quantitative estimate of drug-likeness (QED) is 0.853. The zero-order valence-corrected chi connectivity index (χ0v) is 17.0. The normalized spacial score (nSPS) is 15.0. The van der Waals surface area contributed by atoms with Crippen LogP contribution in [0, 0.1) is 6.92 Å². The number of aryl methyl sites for hydroxylation is 1. The van der Waals surface area contributed by atoms with Crippen LogP contribution in [-0.2, 0) is 23.5 Å². The van der Waals surface area contributed by atoms with Gasteiger partial charge in [-0.15, -0.1) is 0 Å². The lowest BCUT2D eigenvalue weighted by atomic mass is 10.1.